The van der Waals surface area contributed by atoms with Crippen LogP contribution in [0.4, 0.5) is 0 Å². The van der Waals surface area contributed by atoms with E-state index in [0.717, 1.165) is 16.1 Å². The molecule has 0 spiro atoms. The summed E-state index contributed by atoms with van der Waals surface area (Å²) in [5, 5.41) is 5.74. The van der Waals surface area contributed by atoms with Gasteiger partial charge in [0.25, 0.3) is 5.91 Å². The Labute approximate surface area is 161 Å². The van der Waals surface area contributed by atoms with Gasteiger partial charge in [-0.2, -0.15) is 0 Å². The summed E-state index contributed by atoms with van der Waals surface area (Å²) in [5.74, 6) is -0.117. The van der Waals surface area contributed by atoms with Gasteiger partial charge in [0.15, 0.2) is 0 Å². The van der Waals surface area contributed by atoms with Gasteiger partial charge in [-0.3, -0.25) is 9.59 Å². The van der Waals surface area contributed by atoms with Crippen LogP contribution in [0.2, 0.25) is 0 Å². The summed E-state index contributed by atoms with van der Waals surface area (Å²) in [6, 6.07) is 17.1. The van der Waals surface area contributed by atoms with E-state index in [0.29, 0.717) is 18.7 Å². The second-order valence-corrected chi connectivity index (χ2v) is 7.46. The summed E-state index contributed by atoms with van der Waals surface area (Å²) >= 11 is 1.54. The Hall–Kier alpha value is -2.99. The molecular weight excluding hydrogens is 358 g/mol. The molecule has 0 radical (unpaired) electrons. The zero-order chi connectivity index (χ0) is 18.6. The third-order valence-corrected chi connectivity index (χ3v) is 5.41. The van der Waals surface area contributed by atoms with Crippen molar-refractivity contribution in [2.75, 3.05) is 0 Å². The average Bonchev–Trinajstić information content (AvgIpc) is 3.31. The first-order chi connectivity index (χ1) is 13.2. The molecule has 0 bridgehead atoms. The Kier molecular flexibility index (Phi) is 4.98. The monoisotopic (exact) mass is 377 g/mol. The molecule has 4 rings (SSSR count). The van der Waals surface area contributed by atoms with Crippen LogP contribution in [-0.4, -0.2) is 21.7 Å². The highest BCUT2D eigenvalue weighted by molar-refractivity contribution is 7.09. The van der Waals surface area contributed by atoms with Crippen molar-refractivity contribution in [1.29, 1.82) is 0 Å². The van der Waals surface area contributed by atoms with E-state index >= 15 is 0 Å². The zero-order valence-electron chi connectivity index (χ0n) is 14.7. The minimum absolute atomic E-state index is 0.00365. The van der Waals surface area contributed by atoms with Gasteiger partial charge in [0.2, 0.25) is 5.91 Å². The molecular formula is C21H19N3O2S. The van der Waals surface area contributed by atoms with Crippen LogP contribution in [0.25, 0.3) is 0 Å². The lowest BCUT2D eigenvalue weighted by Crippen LogP contribution is -2.33. The quantitative estimate of drug-likeness (QED) is 0.715. The molecule has 27 heavy (non-hydrogen) atoms. The third kappa shape index (κ3) is 3.90. The molecule has 0 saturated heterocycles. The van der Waals surface area contributed by atoms with E-state index < -0.39 is 0 Å². The predicted molar refractivity (Wildman–Crippen MR) is 104 cm³/mol. The number of nitrogens with zero attached hydrogens (tertiary/aromatic N) is 2. The molecule has 0 aliphatic carbocycles. The minimum Gasteiger partial charge on any atom is -0.345 e. The van der Waals surface area contributed by atoms with Crippen LogP contribution in [0.1, 0.15) is 39.0 Å². The number of fused-ring (bicyclic) bond motifs is 1. The van der Waals surface area contributed by atoms with Crippen molar-refractivity contribution in [3.63, 3.8) is 0 Å². The van der Waals surface area contributed by atoms with Crippen LogP contribution >= 0.6 is 11.3 Å². The van der Waals surface area contributed by atoms with E-state index in [1.165, 1.54) is 11.3 Å². The molecule has 1 aliphatic rings. The van der Waals surface area contributed by atoms with Crippen molar-refractivity contribution < 1.29 is 9.59 Å². The third-order valence-electron chi connectivity index (χ3n) is 4.64. The van der Waals surface area contributed by atoms with Gasteiger partial charge in [-0.05, 0) is 17.2 Å². The number of hydrogen-bond acceptors (Lipinski definition) is 4. The second-order valence-electron chi connectivity index (χ2n) is 6.48. The number of amides is 2. The summed E-state index contributed by atoms with van der Waals surface area (Å²) in [4.78, 5) is 31.3. The predicted octanol–water partition coefficient (Wildman–Crippen LogP) is 3.55. The van der Waals surface area contributed by atoms with Crippen molar-refractivity contribution >= 4 is 23.2 Å². The van der Waals surface area contributed by atoms with Gasteiger partial charge in [0, 0.05) is 23.7 Å². The summed E-state index contributed by atoms with van der Waals surface area (Å²) in [5.41, 5.74) is 2.62. The smallest absolute Gasteiger partial charge is 0.252 e. The minimum atomic E-state index is -0.282. The van der Waals surface area contributed by atoms with Crippen molar-refractivity contribution in [3.05, 3.63) is 87.9 Å². The van der Waals surface area contributed by atoms with E-state index in [4.69, 9.17) is 0 Å². The van der Waals surface area contributed by atoms with Crippen LogP contribution in [0.5, 0.6) is 0 Å². The maximum Gasteiger partial charge on any atom is 0.252 e. The number of rotatable bonds is 6. The van der Waals surface area contributed by atoms with E-state index in [-0.39, 0.29) is 24.3 Å². The molecule has 2 aromatic carbocycles. The molecule has 6 heteroatoms. The van der Waals surface area contributed by atoms with Gasteiger partial charge in [-0.25, -0.2) is 4.98 Å². The topological polar surface area (TPSA) is 62.3 Å². The average molecular weight is 377 g/mol. The number of thiazole rings is 1. The van der Waals surface area contributed by atoms with Gasteiger partial charge in [0.05, 0.1) is 19.0 Å². The Balaban J connectivity index is 1.53. The van der Waals surface area contributed by atoms with Crippen molar-refractivity contribution in [1.82, 2.24) is 15.2 Å². The van der Waals surface area contributed by atoms with Crippen molar-refractivity contribution in [3.8, 4) is 0 Å². The first kappa shape index (κ1) is 17.4. The van der Waals surface area contributed by atoms with Crippen LogP contribution in [0, 0.1) is 0 Å². The number of benzene rings is 2. The fraction of sp³-hybridized carbons (Fsp3) is 0.190. The van der Waals surface area contributed by atoms with E-state index in [2.05, 4.69) is 10.3 Å². The molecule has 5 nitrogen and oxygen atoms in total. The maximum atomic E-state index is 13.1. The standard InChI is InChI=1S/C21H19N3O2S/c25-20(12-18-16-8-4-5-9-17(16)21(26)23-18)24(14-19-22-10-11-27-19)13-15-6-2-1-3-7-15/h1-11,18H,12-14H2,(H,23,26)/t18-/m0/s1. The molecule has 1 aliphatic heterocycles. The lowest BCUT2D eigenvalue weighted by molar-refractivity contribution is -0.133. The normalized spacial score (nSPS) is 15.3. The Morgan fingerprint density at radius 3 is 2.63 bits per heavy atom. The Morgan fingerprint density at radius 2 is 1.85 bits per heavy atom. The summed E-state index contributed by atoms with van der Waals surface area (Å²) in [6.45, 7) is 0.981. The molecule has 2 amide bonds. The summed E-state index contributed by atoms with van der Waals surface area (Å²) < 4.78 is 0. The molecule has 0 saturated carbocycles. The molecule has 1 N–H and O–H groups in total. The second kappa shape index (κ2) is 7.72. The SMILES string of the molecule is O=C1N[C@@H](CC(=O)N(Cc2ccccc2)Cc2nccs2)c2ccccc21. The lowest BCUT2D eigenvalue weighted by Gasteiger charge is -2.24. The lowest BCUT2D eigenvalue weighted by atomic mass is 10.0. The van der Waals surface area contributed by atoms with E-state index in [1.54, 1.807) is 17.2 Å². The highest BCUT2D eigenvalue weighted by Gasteiger charge is 2.31. The van der Waals surface area contributed by atoms with Crippen LogP contribution < -0.4 is 5.32 Å². The van der Waals surface area contributed by atoms with Gasteiger partial charge in [-0.1, -0.05) is 48.5 Å². The Bertz CT molecular complexity index is 941. The first-order valence-corrected chi connectivity index (χ1v) is 9.68. The number of hydrogen-bond donors (Lipinski definition) is 1. The van der Waals surface area contributed by atoms with Gasteiger partial charge in [-0.15, -0.1) is 11.3 Å². The van der Waals surface area contributed by atoms with Gasteiger partial charge < -0.3 is 10.2 Å². The highest BCUT2D eigenvalue weighted by Crippen LogP contribution is 2.28. The fourth-order valence-corrected chi connectivity index (χ4v) is 3.95. The highest BCUT2D eigenvalue weighted by atomic mass is 32.1. The largest absolute Gasteiger partial charge is 0.345 e. The zero-order valence-corrected chi connectivity index (χ0v) is 15.5. The van der Waals surface area contributed by atoms with Crippen LogP contribution in [0.15, 0.2) is 66.2 Å². The number of aromatic nitrogens is 1. The number of carbonyl (C=O) groups excluding carboxylic acids is 2. The van der Waals surface area contributed by atoms with Crippen LogP contribution in [-0.2, 0) is 17.9 Å². The first-order valence-electron chi connectivity index (χ1n) is 8.80. The molecule has 2 heterocycles. The van der Waals surface area contributed by atoms with E-state index in [9.17, 15) is 9.59 Å². The van der Waals surface area contributed by atoms with Crippen LogP contribution in [0.3, 0.4) is 0 Å². The van der Waals surface area contributed by atoms with Crippen molar-refractivity contribution in [2.45, 2.75) is 25.6 Å². The Morgan fingerprint density at radius 1 is 1.07 bits per heavy atom. The molecule has 0 fully saturated rings. The van der Waals surface area contributed by atoms with Gasteiger partial charge >= 0.3 is 0 Å². The molecule has 1 atom stereocenters. The number of nitrogens with one attached hydrogen (secondary N) is 1. The fourth-order valence-electron chi connectivity index (χ4n) is 3.32. The summed E-state index contributed by atoms with van der Waals surface area (Å²) in [7, 11) is 0. The van der Waals surface area contributed by atoms with E-state index in [1.807, 2.05) is 53.9 Å². The van der Waals surface area contributed by atoms with Gasteiger partial charge in [0.1, 0.15) is 5.01 Å². The molecule has 136 valence electrons. The number of carbonyl (C=O) groups is 2. The molecule has 3 aromatic rings. The van der Waals surface area contributed by atoms with Crippen molar-refractivity contribution in [2.24, 2.45) is 0 Å². The summed E-state index contributed by atoms with van der Waals surface area (Å²) in [6.07, 6.45) is 1.99. The molecule has 0 unspecified atom stereocenters. The maximum absolute atomic E-state index is 13.1. The molecule has 1 aromatic heterocycles.